The molecule has 1 N–H and O–H groups in total. The van der Waals surface area contributed by atoms with Crippen LogP contribution in [0.4, 0.5) is 0 Å². The minimum atomic E-state index is -0.903. The fourth-order valence-electron chi connectivity index (χ4n) is 2.56. The van der Waals surface area contributed by atoms with E-state index < -0.39 is 5.60 Å². The van der Waals surface area contributed by atoms with Gasteiger partial charge >= 0.3 is 0 Å². The molecule has 122 valence electrons. The molecule has 1 amide bonds. The van der Waals surface area contributed by atoms with Crippen LogP contribution in [0.2, 0.25) is 5.02 Å². The van der Waals surface area contributed by atoms with Crippen molar-refractivity contribution in [1.29, 1.82) is 0 Å². The van der Waals surface area contributed by atoms with Gasteiger partial charge in [0, 0.05) is 11.6 Å². The van der Waals surface area contributed by atoms with Crippen molar-refractivity contribution in [3.8, 4) is 5.75 Å². The van der Waals surface area contributed by atoms with Crippen LogP contribution in [-0.4, -0.2) is 43.1 Å². The molecule has 1 fully saturated rings. The second-order valence-corrected chi connectivity index (χ2v) is 6.96. The Kier molecular flexibility index (Phi) is 5.70. The van der Waals surface area contributed by atoms with Crippen molar-refractivity contribution in [2.45, 2.75) is 32.3 Å². The number of hydrogen-bond acceptors (Lipinski definition) is 3. The second kappa shape index (κ2) is 7.34. The summed E-state index contributed by atoms with van der Waals surface area (Å²) in [6.45, 7) is 6.49. The highest BCUT2D eigenvalue weighted by Gasteiger charge is 2.30. The zero-order valence-corrected chi connectivity index (χ0v) is 14.3. The molecule has 1 aromatic rings. The monoisotopic (exact) mass is 324 g/mol. The minimum Gasteiger partial charge on any atom is -0.478 e. The standard InChI is InChI=1S/C17H25ClN2O2/c1-17(2,22-15-6-4-14(18)5-7-15)16(21)19-12-13-8-10-20(3)11-9-13/h4-7,13H,8-12H2,1-3H3,(H,19,21). The molecule has 0 saturated carbocycles. The fourth-order valence-corrected chi connectivity index (χ4v) is 2.69. The van der Waals surface area contributed by atoms with E-state index in [-0.39, 0.29) is 5.91 Å². The van der Waals surface area contributed by atoms with Gasteiger partial charge in [0.05, 0.1) is 0 Å². The van der Waals surface area contributed by atoms with Gasteiger partial charge in [-0.25, -0.2) is 0 Å². The first-order chi connectivity index (χ1) is 10.4. The number of nitrogens with one attached hydrogen (secondary N) is 1. The Morgan fingerprint density at radius 3 is 2.50 bits per heavy atom. The molecular weight excluding hydrogens is 300 g/mol. The number of rotatable bonds is 5. The average molecular weight is 325 g/mol. The Labute approximate surface area is 137 Å². The van der Waals surface area contributed by atoms with Gasteiger partial charge in [0.1, 0.15) is 5.75 Å². The van der Waals surface area contributed by atoms with Crippen LogP contribution in [0.15, 0.2) is 24.3 Å². The van der Waals surface area contributed by atoms with Gasteiger partial charge in [-0.15, -0.1) is 0 Å². The smallest absolute Gasteiger partial charge is 0.263 e. The van der Waals surface area contributed by atoms with E-state index >= 15 is 0 Å². The number of carbonyl (C=O) groups excluding carboxylic acids is 1. The number of benzene rings is 1. The third-order valence-corrected chi connectivity index (χ3v) is 4.37. The molecule has 0 unspecified atom stereocenters. The molecule has 1 aliphatic rings. The van der Waals surface area contributed by atoms with Crippen molar-refractivity contribution in [3.63, 3.8) is 0 Å². The van der Waals surface area contributed by atoms with E-state index in [0.717, 1.165) is 32.5 Å². The Bertz CT molecular complexity index is 494. The summed E-state index contributed by atoms with van der Waals surface area (Å²) in [7, 11) is 2.14. The molecule has 2 rings (SSSR count). The van der Waals surface area contributed by atoms with Crippen LogP contribution in [0.5, 0.6) is 5.75 Å². The molecule has 0 atom stereocenters. The lowest BCUT2D eigenvalue weighted by molar-refractivity contribution is -0.134. The lowest BCUT2D eigenvalue weighted by Gasteiger charge is -2.30. The summed E-state index contributed by atoms with van der Waals surface area (Å²) in [5, 5.41) is 3.68. The second-order valence-electron chi connectivity index (χ2n) is 6.52. The van der Waals surface area contributed by atoms with E-state index in [9.17, 15) is 4.79 Å². The molecule has 0 aliphatic carbocycles. The largest absolute Gasteiger partial charge is 0.478 e. The van der Waals surface area contributed by atoms with Crippen LogP contribution in [0, 0.1) is 5.92 Å². The molecule has 0 spiro atoms. The summed E-state index contributed by atoms with van der Waals surface area (Å²) in [5.41, 5.74) is -0.903. The molecule has 0 aromatic heterocycles. The predicted molar refractivity (Wildman–Crippen MR) is 89.4 cm³/mol. The Morgan fingerprint density at radius 2 is 1.91 bits per heavy atom. The molecule has 22 heavy (non-hydrogen) atoms. The summed E-state index contributed by atoms with van der Waals surface area (Å²) in [4.78, 5) is 14.7. The number of likely N-dealkylation sites (tertiary alicyclic amines) is 1. The van der Waals surface area contributed by atoms with E-state index in [1.54, 1.807) is 38.1 Å². The Hall–Kier alpha value is -1.26. The van der Waals surface area contributed by atoms with Crippen molar-refractivity contribution >= 4 is 17.5 Å². The van der Waals surface area contributed by atoms with E-state index in [4.69, 9.17) is 16.3 Å². The van der Waals surface area contributed by atoms with Crippen molar-refractivity contribution in [2.24, 2.45) is 5.92 Å². The molecule has 0 radical (unpaired) electrons. The van der Waals surface area contributed by atoms with Crippen molar-refractivity contribution in [2.75, 3.05) is 26.7 Å². The maximum atomic E-state index is 12.4. The third kappa shape index (κ3) is 4.89. The number of nitrogens with zero attached hydrogens (tertiary/aromatic N) is 1. The van der Waals surface area contributed by atoms with Crippen LogP contribution >= 0.6 is 11.6 Å². The summed E-state index contributed by atoms with van der Waals surface area (Å²) >= 11 is 5.85. The summed E-state index contributed by atoms with van der Waals surface area (Å²) in [6, 6.07) is 7.05. The summed E-state index contributed by atoms with van der Waals surface area (Å²) < 4.78 is 5.80. The first kappa shape index (κ1) is 17.1. The van der Waals surface area contributed by atoms with Crippen LogP contribution in [0.25, 0.3) is 0 Å². The summed E-state index contributed by atoms with van der Waals surface area (Å²) in [5.74, 6) is 1.12. The van der Waals surface area contributed by atoms with Crippen molar-refractivity contribution < 1.29 is 9.53 Å². The van der Waals surface area contributed by atoms with Crippen LogP contribution < -0.4 is 10.1 Å². The summed E-state index contributed by atoms with van der Waals surface area (Å²) in [6.07, 6.45) is 2.27. The number of hydrogen-bond donors (Lipinski definition) is 1. The molecule has 5 heteroatoms. The van der Waals surface area contributed by atoms with Gasteiger partial charge in [-0.05, 0) is 77.0 Å². The van der Waals surface area contributed by atoms with Crippen molar-refractivity contribution in [3.05, 3.63) is 29.3 Å². The third-order valence-electron chi connectivity index (χ3n) is 4.12. The quantitative estimate of drug-likeness (QED) is 0.905. The maximum absolute atomic E-state index is 12.4. The predicted octanol–water partition coefficient (Wildman–Crippen LogP) is 2.96. The van der Waals surface area contributed by atoms with Crippen LogP contribution in [0.3, 0.4) is 0 Å². The lowest BCUT2D eigenvalue weighted by Crippen LogP contribution is -2.48. The maximum Gasteiger partial charge on any atom is 0.263 e. The Morgan fingerprint density at radius 1 is 1.32 bits per heavy atom. The van der Waals surface area contributed by atoms with Crippen LogP contribution in [0.1, 0.15) is 26.7 Å². The van der Waals surface area contributed by atoms with E-state index in [2.05, 4.69) is 17.3 Å². The van der Waals surface area contributed by atoms with Gasteiger partial charge in [0.15, 0.2) is 5.60 Å². The average Bonchev–Trinajstić information content (AvgIpc) is 2.48. The highest BCUT2D eigenvalue weighted by atomic mass is 35.5. The zero-order valence-electron chi connectivity index (χ0n) is 13.6. The van der Waals surface area contributed by atoms with Gasteiger partial charge in [0.2, 0.25) is 0 Å². The molecule has 4 nitrogen and oxygen atoms in total. The molecule has 0 bridgehead atoms. The van der Waals surface area contributed by atoms with Gasteiger partial charge in [-0.2, -0.15) is 0 Å². The topological polar surface area (TPSA) is 41.6 Å². The zero-order chi connectivity index (χ0) is 16.2. The molecule has 1 aromatic carbocycles. The number of halogens is 1. The first-order valence-electron chi connectivity index (χ1n) is 7.78. The van der Waals surface area contributed by atoms with E-state index in [0.29, 0.717) is 16.7 Å². The number of piperidine rings is 1. The van der Waals surface area contributed by atoms with Crippen molar-refractivity contribution in [1.82, 2.24) is 10.2 Å². The Balaban J connectivity index is 1.83. The normalized spacial score (nSPS) is 17.3. The molecule has 1 aliphatic heterocycles. The van der Waals surface area contributed by atoms with Gasteiger partial charge < -0.3 is 15.0 Å². The first-order valence-corrected chi connectivity index (χ1v) is 8.16. The fraction of sp³-hybridized carbons (Fsp3) is 0.588. The van der Waals surface area contributed by atoms with Gasteiger partial charge in [-0.1, -0.05) is 11.6 Å². The van der Waals surface area contributed by atoms with E-state index in [1.165, 1.54) is 0 Å². The minimum absolute atomic E-state index is 0.0821. The van der Waals surface area contributed by atoms with Gasteiger partial charge in [0.25, 0.3) is 5.91 Å². The lowest BCUT2D eigenvalue weighted by atomic mass is 9.97. The highest BCUT2D eigenvalue weighted by molar-refractivity contribution is 6.30. The SMILES string of the molecule is CN1CCC(CNC(=O)C(C)(C)Oc2ccc(Cl)cc2)CC1. The van der Waals surface area contributed by atoms with E-state index in [1.807, 2.05) is 0 Å². The molecular formula is C17H25ClN2O2. The highest BCUT2D eigenvalue weighted by Crippen LogP contribution is 2.21. The number of carbonyl (C=O) groups is 1. The number of ether oxygens (including phenoxy) is 1. The number of amides is 1. The van der Waals surface area contributed by atoms with Gasteiger partial charge in [-0.3, -0.25) is 4.79 Å². The van der Waals surface area contributed by atoms with Crippen LogP contribution in [-0.2, 0) is 4.79 Å². The molecule has 1 heterocycles. The molecule has 1 saturated heterocycles.